The summed E-state index contributed by atoms with van der Waals surface area (Å²) in [6, 6.07) is 4.01. The zero-order valence-electron chi connectivity index (χ0n) is 8.30. The van der Waals surface area contributed by atoms with Gasteiger partial charge in [-0.25, -0.2) is 9.97 Å². The highest BCUT2D eigenvalue weighted by atomic mass is 32.2. The van der Waals surface area contributed by atoms with Crippen LogP contribution in [0, 0.1) is 6.92 Å². The van der Waals surface area contributed by atoms with Gasteiger partial charge in [-0.3, -0.25) is 0 Å². The van der Waals surface area contributed by atoms with Crippen LogP contribution in [0.15, 0.2) is 33.1 Å². The van der Waals surface area contributed by atoms with Gasteiger partial charge in [0.05, 0.1) is 0 Å². The van der Waals surface area contributed by atoms with Gasteiger partial charge in [-0.05, 0) is 30.3 Å². The quantitative estimate of drug-likeness (QED) is 0.891. The van der Waals surface area contributed by atoms with Gasteiger partial charge in [-0.1, -0.05) is 6.07 Å². The average Bonchev–Trinajstić information content (AvgIpc) is 2.71. The van der Waals surface area contributed by atoms with Crippen molar-refractivity contribution in [1.29, 1.82) is 0 Å². The molecule has 0 saturated carbocycles. The first-order valence-electron chi connectivity index (χ1n) is 4.53. The molecule has 0 atom stereocenters. The summed E-state index contributed by atoms with van der Waals surface area (Å²) in [5.74, 6) is 0. The van der Waals surface area contributed by atoms with Gasteiger partial charge in [0.2, 0.25) is 0 Å². The minimum absolute atomic E-state index is 0.515. The molecule has 0 aliphatic heterocycles. The molecule has 0 unspecified atom stereocenters. The molecule has 5 heteroatoms. The Morgan fingerprint density at radius 1 is 1.47 bits per heavy atom. The van der Waals surface area contributed by atoms with Gasteiger partial charge < -0.3 is 5.73 Å². The molecule has 2 N–H and O–H groups in total. The number of rotatable bonds is 3. The van der Waals surface area contributed by atoms with Crippen LogP contribution in [0.1, 0.15) is 11.3 Å². The third kappa shape index (κ3) is 2.56. The standard InChI is InChI=1S/C10H11N3S2/c1-7-2-3-8(6-11)9(13-7)15-10-12-4-5-14-10/h2-5H,6,11H2,1H3. The van der Waals surface area contributed by atoms with Gasteiger partial charge in [0.1, 0.15) is 5.03 Å². The van der Waals surface area contributed by atoms with Gasteiger partial charge in [0.15, 0.2) is 4.34 Å². The van der Waals surface area contributed by atoms with Gasteiger partial charge >= 0.3 is 0 Å². The fourth-order valence-corrected chi connectivity index (χ4v) is 2.86. The number of hydrogen-bond acceptors (Lipinski definition) is 5. The third-order valence-electron chi connectivity index (χ3n) is 1.89. The van der Waals surface area contributed by atoms with E-state index in [0.29, 0.717) is 6.54 Å². The minimum atomic E-state index is 0.515. The molecular weight excluding hydrogens is 226 g/mol. The zero-order valence-corrected chi connectivity index (χ0v) is 9.94. The second-order valence-corrected chi connectivity index (χ2v) is 5.15. The summed E-state index contributed by atoms with van der Waals surface area (Å²) in [4.78, 5) is 8.69. The third-order valence-corrected chi connectivity index (χ3v) is 3.82. The van der Waals surface area contributed by atoms with Crippen molar-refractivity contribution in [3.8, 4) is 0 Å². The van der Waals surface area contributed by atoms with Crippen LogP contribution in [0.2, 0.25) is 0 Å². The summed E-state index contributed by atoms with van der Waals surface area (Å²) in [7, 11) is 0. The van der Waals surface area contributed by atoms with Crippen molar-refractivity contribution in [3.63, 3.8) is 0 Å². The maximum absolute atomic E-state index is 5.66. The first kappa shape index (κ1) is 10.6. The monoisotopic (exact) mass is 237 g/mol. The van der Waals surface area contributed by atoms with E-state index in [0.717, 1.165) is 20.6 Å². The lowest BCUT2D eigenvalue weighted by Crippen LogP contribution is -2.00. The number of nitrogens with zero attached hydrogens (tertiary/aromatic N) is 2. The van der Waals surface area contributed by atoms with E-state index in [4.69, 9.17) is 5.73 Å². The van der Waals surface area contributed by atoms with Crippen LogP contribution in [0.4, 0.5) is 0 Å². The lowest BCUT2D eigenvalue weighted by molar-refractivity contribution is 0.941. The predicted molar refractivity (Wildman–Crippen MR) is 63.1 cm³/mol. The van der Waals surface area contributed by atoms with Crippen molar-refractivity contribution in [3.05, 3.63) is 35.0 Å². The molecule has 0 aromatic carbocycles. The number of pyridine rings is 1. The number of thiazole rings is 1. The molecule has 78 valence electrons. The number of nitrogens with two attached hydrogens (primary N) is 1. The zero-order chi connectivity index (χ0) is 10.7. The summed E-state index contributed by atoms with van der Waals surface area (Å²) < 4.78 is 1.00. The molecule has 0 aliphatic carbocycles. The van der Waals surface area contributed by atoms with Crippen molar-refractivity contribution in [2.75, 3.05) is 0 Å². The van der Waals surface area contributed by atoms with Gasteiger partial charge in [-0.2, -0.15) is 0 Å². The fourth-order valence-electron chi connectivity index (χ4n) is 1.15. The molecule has 0 saturated heterocycles. The molecule has 0 bridgehead atoms. The molecule has 3 nitrogen and oxygen atoms in total. The van der Waals surface area contributed by atoms with Crippen LogP contribution in [-0.2, 0) is 6.54 Å². The van der Waals surface area contributed by atoms with Crippen molar-refractivity contribution in [1.82, 2.24) is 9.97 Å². The molecule has 0 spiro atoms. The molecule has 2 aromatic rings. The van der Waals surface area contributed by atoms with E-state index in [9.17, 15) is 0 Å². The first-order chi connectivity index (χ1) is 7.29. The Kier molecular flexibility index (Phi) is 3.35. The summed E-state index contributed by atoms with van der Waals surface area (Å²) in [5, 5.41) is 2.92. The molecule has 0 radical (unpaired) electrons. The van der Waals surface area contributed by atoms with E-state index >= 15 is 0 Å². The van der Waals surface area contributed by atoms with Gasteiger partial charge in [0, 0.05) is 23.8 Å². The normalized spacial score (nSPS) is 10.5. The highest BCUT2D eigenvalue weighted by Gasteiger charge is 2.06. The van der Waals surface area contributed by atoms with E-state index in [2.05, 4.69) is 9.97 Å². The molecule has 0 fully saturated rings. The minimum Gasteiger partial charge on any atom is -0.326 e. The maximum Gasteiger partial charge on any atom is 0.156 e. The summed E-state index contributed by atoms with van der Waals surface area (Å²) in [5.41, 5.74) is 7.74. The van der Waals surface area contributed by atoms with E-state index in [-0.39, 0.29) is 0 Å². The predicted octanol–water partition coefficient (Wildman–Crippen LogP) is 2.46. The summed E-state index contributed by atoms with van der Waals surface area (Å²) in [6.07, 6.45) is 1.80. The Morgan fingerprint density at radius 2 is 2.33 bits per heavy atom. The van der Waals surface area contributed by atoms with Crippen LogP contribution in [0.5, 0.6) is 0 Å². The lowest BCUT2D eigenvalue weighted by atomic mass is 10.2. The SMILES string of the molecule is Cc1ccc(CN)c(Sc2nccs2)n1. The van der Waals surface area contributed by atoms with Crippen molar-refractivity contribution >= 4 is 23.1 Å². The molecule has 15 heavy (non-hydrogen) atoms. The topological polar surface area (TPSA) is 51.8 Å². The van der Waals surface area contributed by atoms with Crippen LogP contribution in [-0.4, -0.2) is 9.97 Å². The second kappa shape index (κ2) is 4.74. The summed E-state index contributed by atoms with van der Waals surface area (Å²) in [6.45, 7) is 2.49. The Balaban J connectivity index is 2.30. The molecular formula is C10H11N3S2. The highest BCUT2D eigenvalue weighted by molar-refractivity contribution is 8.01. The van der Waals surface area contributed by atoms with Crippen molar-refractivity contribution in [2.24, 2.45) is 5.73 Å². The molecule has 2 rings (SSSR count). The van der Waals surface area contributed by atoms with E-state index in [1.807, 2.05) is 24.4 Å². The van der Waals surface area contributed by atoms with E-state index in [1.165, 1.54) is 0 Å². The fraction of sp³-hybridized carbons (Fsp3) is 0.200. The molecule has 0 amide bonds. The van der Waals surface area contributed by atoms with E-state index in [1.54, 1.807) is 29.3 Å². The number of hydrogen-bond donors (Lipinski definition) is 1. The lowest BCUT2D eigenvalue weighted by Gasteiger charge is -2.05. The molecule has 2 heterocycles. The number of aromatic nitrogens is 2. The van der Waals surface area contributed by atoms with Crippen molar-refractivity contribution < 1.29 is 0 Å². The Bertz CT molecular complexity index is 440. The van der Waals surface area contributed by atoms with Crippen LogP contribution in [0.25, 0.3) is 0 Å². The Hall–Kier alpha value is -0.910. The van der Waals surface area contributed by atoms with Crippen LogP contribution in [0.3, 0.4) is 0 Å². The average molecular weight is 237 g/mol. The van der Waals surface area contributed by atoms with Crippen molar-refractivity contribution in [2.45, 2.75) is 22.8 Å². The smallest absolute Gasteiger partial charge is 0.156 e. The number of aryl methyl sites for hydroxylation is 1. The molecule has 2 aromatic heterocycles. The van der Waals surface area contributed by atoms with Gasteiger partial charge in [-0.15, -0.1) is 11.3 Å². The largest absolute Gasteiger partial charge is 0.326 e. The summed E-state index contributed by atoms with van der Waals surface area (Å²) >= 11 is 3.19. The van der Waals surface area contributed by atoms with Gasteiger partial charge in [0.25, 0.3) is 0 Å². The first-order valence-corrected chi connectivity index (χ1v) is 6.23. The highest BCUT2D eigenvalue weighted by Crippen LogP contribution is 2.30. The Morgan fingerprint density at radius 3 is 3.00 bits per heavy atom. The second-order valence-electron chi connectivity index (χ2n) is 3.02. The Labute approximate surface area is 96.8 Å². The molecule has 0 aliphatic rings. The maximum atomic E-state index is 5.66. The van der Waals surface area contributed by atoms with E-state index < -0.39 is 0 Å². The van der Waals surface area contributed by atoms with Crippen LogP contribution < -0.4 is 5.73 Å². The van der Waals surface area contributed by atoms with Crippen LogP contribution >= 0.6 is 23.1 Å².